The molecule has 0 bridgehead atoms. The molecular weight excluding hydrogens is 284 g/mol. The lowest BCUT2D eigenvalue weighted by Gasteiger charge is -2.28. The van der Waals surface area contributed by atoms with E-state index in [4.69, 9.17) is 4.74 Å². The van der Waals surface area contributed by atoms with Crippen LogP contribution >= 0.6 is 11.8 Å². The second-order valence-electron chi connectivity index (χ2n) is 7.13. The Morgan fingerprint density at radius 1 is 1.33 bits per heavy atom. The Morgan fingerprint density at radius 3 is 2.67 bits per heavy atom. The topological polar surface area (TPSA) is 41.6 Å². The number of nitrogens with zero attached hydrogens (tertiary/aromatic N) is 1. The molecule has 1 N–H and O–H groups in total. The second kappa shape index (κ2) is 7.73. The van der Waals surface area contributed by atoms with Gasteiger partial charge in [-0.15, -0.1) is 0 Å². The van der Waals surface area contributed by atoms with Gasteiger partial charge in [-0.1, -0.05) is 0 Å². The minimum atomic E-state index is -0.401. The molecule has 1 atom stereocenters. The third kappa shape index (κ3) is 6.47. The predicted octanol–water partition coefficient (Wildman–Crippen LogP) is 3.26. The molecule has 0 spiro atoms. The standard InChI is InChI=1S/C16H30N2O2S/c1-16(2,3)20-15(19)18(14-7-8-14)10-5-9-17-13-6-4-11-21-12-13/h13-14,17H,4-12H2,1-3H3. The SMILES string of the molecule is CC(C)(C)OC(=O)N(CCCNC1CCCSC1)C1CC1. The zero-order valence-corrected chi connectivity index (χ0v) is 14.5. The Kier molecular flexibility index (Phi) is 6.23. The average Bonchev–Trinajstić information content (AvgIpc) is 3.22. The second-order valence-corrected chi connectivity index (χ2v) is 8.28. The molecule has 2 fully saturated rings. The molecule has 0 aromatic heterocycles. The maximum atomic E-state index is 12.2. The van der Waals surface area contributed by atoms with Crippen LogP contribution in [0.25, 0.3) is 0 Å². The van der Waals surface area contributed by atoms with Crippen molar-refractivity contribution >= 4 is 17.9 Å². The largest absolute Gasteiger partial charge is 0.444 e. The number of thioether (sulfide) groups is 1. The summed E-state index contributed by atoms with van der Waals surface area (Å²) in [6.45, 7) is 7.60. The predicted molar refractivity (Wildman–Crippen MR) is 88.9 cm³/mol. The molecule has 1 heterocycles. The fourth-order valence-electron chi connectivity index (χ4n) is 2.59. The Balaban J connectivity index is 1.67. The minimum Gasteiger partial charge on any atom is -0.444 e. The van der Waals surface area contributed by atoms with Gasteiger partial charge in [-0.25, -0.2) is 4.79 Å². The van der Waals surface area contributed by atoms with E-state index >= 15 is 0 Å². The van der Waals surface area contributed by atoms with Gasteiger partial charge in [0.25, 0.3) is 0 Å². The first-order valence-corrected chi connectivity index (χ1v) is 9.42. The maximum absolute atomic E-state index is 12.2. The van der Waals surface area contributed by atoms with Crippen LogP contribution in [0.3, 0.4) is 0 Å². The van der Waals surface area contributed by atoms with Gasteiger partial charge in [0.1, 0.15) is 5.60 Å². The first-order chi connectivity index (χ1) is 9.96. The summed E-state index contributed by atoms with van der Waals surface area (Å²) in [5.74, 6) is 2.55. The van der Waals surface area contributed by atoms with Gasteiger partial charge in [0.2, 0.25) is 0 Å². The van der Waals surface area contributed by atoms with Gasteiger partial charge in [-0.2, -0.15) is 11.8 Å². The lowest BCUT2D eigenvalue weighted by Crippen LogP contribution is -2.40. The van der Waals surface area contributed by atoms with Crippen LogP contribution in [0.1, 0.15) is 52.9 Å². The van der Waals surface area contributed by atoms with E-state index in [2.05, 4.69) is 5.32 Å². The number of rotatable bonds is 6. The van der Waals surface area contributed by atoms with E-state index in [1.807, 2.05) is 37.4 Å². The fourth-order valence-corrected chi connectivity index (χ4v) is 3.69. The molecular formula is C16H30N2O2S. The Bertz CT molecular complexity index is 334. The summed E-state index contributed by atoms with van der Waals surface area (Å²) in [6.07, 6.45) is 5.76. The Morgan fingerprint density at radius 2 is 2.10 bits per heavy atom. The van der Waals surface area contributed by atoms with E-state index in [1.165, 1.54) is 24.3 Å². The van der Waals surface area contributed by atoms with E-state index in [-0.39, 0.29) is 6.09 Å². The molecule has 122 valence electrons. The smallest absolute Gasteiger partial charge is 0.410 e. The summed E-state index contributed by atoms with van der Waals surface area (Å²) >= 11 is 2.05. The van der Waals surface area contributed by atoms with Crippen molar-refractivity contribution in [1.29, 1.82) is 0 Å². The van der Waals surface area contributed by atoms with E-state index in [9.17, 15) is 4.79 Å². The van der Waals surface area contributed by atoms with Crippen LogP contribution in [-0.2, 0) is 4.74 Å². The average molecular weight is 314 g/mol. The molecule has 1 aliphatic heterocycles. The van der Waals surface area contributed by atoms with Crippen LogP contribution < -0.4 is 5.32 Å². The highest BCUT2D eigenvalue weighted by Crippen LogP contribution is 2.28. The van der Waals surface area contributed by atoms with Gasteiger partial charge < -0.3 is 15.0 Å². The van der Waals surface area contributed by atoms with Crippen molar-refractivity contribution in [3.05, 3.63) is 0 Å². The molecule has 4 nitrogen and oxygen atoms in total. The Hall–Kier alpha value is -0.420. The van der Waals surface area contributed by atoms with Crippen molar-refractivity contribution in [2.75, 3.05) is 24.6 Å². The number of hydrogen-bond donors (Lipinski definition) is 1. The molecule has 0 aromatic rings. The summed E-state index contributed by atoms with van der Waals surface area (Å²) in [6, 6.07) is 1.09. The van der Waals surface area contributed by atoms with Crippen molar-refractivity contribution in [1.82, 2.24) is 10.2 Å². The Labute approximate surface area is 133 Å². The molecule has 1 saturated heterocycles. The van der Waals surface area contributed by atoms with E-state index in [0.29, 0.717) is 12.1 Å². The van der Waals surface area contributed by atoms with Crippen molar-refractivity contribution < 1.29 is 9.53 Å². The van der Waals surface area contributed by atoms with Gasteiger partial charge in [0.05, 0.1) is 0 Å². The molecule has 2 aliphatic rings. The van der Waals surface area contributed by atoms with Crippen LogP contribution in [0.5, 0.6) is 0 Å². The van der Waals surface area contributed by atoms with E-state index < -0.39 is 5.60 Å². The van der Waals surface area contributed by atoms with Crippen molar-refractivity contribution in [2.24, 2.45) is 0 Å². The zero-order chi connectivity index (χ0) is 15.3. The van der Waals surface area contributed by atoms with Crippen LogP contribution in [-0.4, -0.2) is 53.3 Å². The van der Waals surface area contributed by atoms with Crippen LogP contribution in [0.2, 0.25) is 0 Å². The molecule has 2 rings (SSSR count). The fraction of sp³-hybridized carbons (Fsp3) is 0.938. The number of ether oxygens (including phenoxy) is 1. The third-order valence-electron chi connectivity index (χ3n) is 3.78. The number of carbonyl (C=O) groups excluding carboxylic acids is 1. The normalized spacial score (nSPS) is 22.9. The molecule has 1 amide bonds. The number of hydrogen-bond acceptors (Lipinski definition) is 4. The quantitative estimate of drug-likeness (QED) is 0.764. The van der Waals surface area contributed by atoms with Gasteiger partial charge in [-0.05, 0) is 65.2 Å². The summed E-state index contributed by atoms with van der Waals surface area (Å²) in [7, 11) is 0. The van der Waals surface area contributed by atoms with Gasteiger partial charge in [-0.3, -0.25) is 0 Å². The summed E-state index contributed by atoms with van der Waals surface area (Å²) in [5, 5.41) is 3.62. The zero-order valence-electron chi connectivity index (χ0n) is 13.7. The van der Waals surface area contributed by atoms with Gasteiger partial charge >= 0.3 is 6.09 Å². The molecule has 21 heavy (non-hydrogen) atoms. The highest BCUT2D eigenvalue weighted by atomic mass is 32.2. The lowest BCUT2D eigenvalue weighted by atomic mass is 10.2. The first kappa shape index (κ1) is 16.9. The summed E-state index contributed by atoms with van der Waals surface area (Å²) in [4.78, 5) is 14.1. The number of carbonyl (C=O) groups is 1. The molecule has 0 radical (unpaired) electrons. The molecule has 1 unspecified atom stereocenters. The highest BCUT2D eigenvalue weighted by molar-refractivity contribution is 7.99. The van der Waals surface area contributed by atoms with Crippen molar-refractivity contribution in [3.63, 3.8) is 0 Å². The van der Waals surface area contributed by atoms with Crippen molar-refractivity contribution in [2.45, 2.75) is 70.6 Å². The first-order valence-electron chi connectivity index (χ1n) is 8.26. The van der Waals surface area contributed by atoms with Crippen LogP contribution in [0.15, 0.2) is 0 Å². The van der Waals surface area contributed by atoms with Crippen LogP contribution in [0.4, 0.5) is 4.79 Å². The summed E-state index contributed by atoms with van der Waals surface area (Å²) < 4.78 is 5.51. The van der Waals surface area contributed by atoms with Crippen LogP contribution in [0, 0.1) is 0 Å². The minimum absolute atomic E-state index is 0.141. The van der Waals surface area contributed by atoms with Crippen molar-refractivity contribution in [3.8, 4) is 0 Å². The van der Waals surface area contributed by atoms with E-state index in [1.54, 1.807) is 0 Å². The molecule has 5 heteroatoms. The third-order valence-corrected chi connectivity index (χ3v) is 5.00. The molecule has 1 saturated carbocycles. The summed E-state index contributed by atoms with van der Waals surface area (Å²) in [5.41, 5.74) is -0.401. The number of nitrogens with one attached hydrogen (secondary N) is 1. The molecule has 1 aliphatic carbocycles. The lowest BCUT2D eigenvalue weighted by molar-refractivity contribution is 0.0232. The monoisotopic (exact) mass is 314 g/mol. The van der Waals surface area contributed by atoms with Gasteiger partial charge in [0, 0.05) is 24.4 Å². The highest BCUT2D eigenvalue weighted by Gasteiger charge is 2.34. The number of amides is 1. The maximum Gasteiger partial charge on any atom is 0.410 e. The molecule has 0 aromatic carbocycles. The van der Waals surface area contributed by atoms with Gasteiger partial charge in [0.15, 0.2) is 0 Å². The van der Waals surface area contributed by atoms with E-state index in [0.717, 1.165) is 32.4 Å².